The highest BCUT2D eigenvalue weighted by atomic mass is 32.1. The maximum atomic E-state index is 13.9. The smallest absolute Gasteiger partial charge is 0.265 e. The van der Waals surface area contributed by atoms with Gasteiger partial charge < -0.3 is 4.90 Å². The minimum atomic E-state index is -0.328. The lowest BCUT2D eigenvalue weighted by atomic mass is 10.2. The molecule has 2 aromatic carbocycles. The third kappa shape index (κ3) is 4.12. The van der Waals surface area contributed by atoms with Crippen LogP contribution in [0, 0.1) is 5.82 Å². The Labute approximate surface area is 150 Å². The second kappa shape index (κ2) is 8.03. The summed E-state index contributed by atoms with van der Waals surface area (Å²) in [5, 5.41) is 0.526. The van der Waals surface area contributed by atoms with Gasteiger partial charge in [-0.05, 0) is 24.1 Å². The van der Waals surface area contributed by atoms with Crippen LogP contribution in [-0.2, 0) is 6.54 Å². The van der Waals surface area contributed by atoms with Gasteiger partial charge in [0.15, 0.2) is 0 Å². The van der Waals surface area contributed by atoms with Crippen LogP contribution in [0.1, 0.15) is 28.6 Å². The summed E-state index contributed by atoms with van der Waals surface area (Å²) in [6.45, 7) is 3.27. The van der Waals surface area contributed by atoms with Crippen molar-refractivity contribution in [2.75, 3.05) is 6.54 Å². The fourth-order valence-electron chi connectivity index (χ4n) is 2.61. The van der Waals surface area contributed by atoms with Gasteiger partial charge in [-0.1, -0.05) is 49.4 Å². The van der Waals surface area contributed by atoms with Gasteiger partial charge in [-0.3, -0.25) is 4.79 Å². The lowest BCUT2D eigenvalue weighted by Crippen LogP contribution is -2.30. The van der Waals surface area contributed by atoms with Crippen molar-refractivity contribution in [3.05, 3.63) is 77.1 Å². The van der Waals surface area contributed by atoms with Crippen LogP contribution in [0.3, 0.4) is 0 Å². The first-order valence-electron chi connectivity index (χ1n) is 8.23. The van der Waals surface area contributed by atoms with E-state index in [1.54, 1.807) is 24.4 Å². The standard InChI is InChI=1S/C20H19FN2OS/c1-2-12-23(14-15-8-4-3-5-9-15)20(24)18-13-22-19(25-18)16-10-6-7-11-17(16)21/h3-11,13H,2,12,14H2,1H3. The summed E-state index contributed by atoms with van der Waals surface area (Å²) >= 11 is 1.23. The Morgan fingerprint density at radius 3 is 2.56 bits per heavy atom. The number of amides is 1. The monoisotopic (exact) mass is 354 g/mol. The van der Waals surface area contributed by atoms with Gasteiger partial charge in [-0.2, -0.15) is 0 Å². The van der Waals surface area contributed by atoms with E-state index in [0.29, 0.717) is 28.5 Å². The minimum absolute atomic E-state index is 0.0641. The van der Waals surface area contributed by atoms with Crippen LogP contribution in [0.2, 0.25) is 0 Å². The Hall–Kier alpha value is -2.53. The summed E-state index contributed by atoms with van der Waals surface area (Å²) < 4.78 is 13.9. The fraction of sp³-hybridized carbons (Fsp3) is 0.200. The molecule has 0 aliphatic carbocycles. The van der Waals surface area contributed by atoms with Crippen LogP contribution >= 0.6 is 11.3 Å². The lowest BCUT2D eigenvalue weighted by Gasteiger charge is -2.21. The summed E-state index contributed by atoms with van der Waals surface area (Å²) in [5.41, 5.74) is 1.51. The van der Waals surface area contributed by atoms with E-state index in [1.165, 1.54) is 17.4 Å². The topological polar surface area (TPSA) is 33.2 Å². The van der Waals surface area contributed by atoms with Gasteiger partial charge in [-0.25, -0.2) is 9.37 Å². The van der Waals surface area contributed by atoms with E-state index >= 15 is 0 Å². The number of benzene rings is 2. The molecule has 1 amide bonds. The SMILES string of the molecule is CCCN(Cc1ccccc1)C(=O)c1cnc(-c2ccccc2F)s1. The number of nitrogens with zero attached hydrogens (tertiary/aromatic N) is 2. The average Bonchev–Trinajstić information content (AvgIpc) is 3.12. The number of thiazole rings is 1. The third-order valence-electron chi connectivity index (χ3n) is 3.82. The largest absolute Gasteiger partial charge is 0.334 e. The third-order valence-corrected chi connectivity index (χ3v) is 4.84. The van der Waals surface area contributed by atoms with Gasteiger partial charge in [0.2, 0.25) is 0 Å². The molecule has 0 atom stereocenters. The summed E-state index contributed by atoms with van der Waals surface area (Å²) in [5.74, 6) is -0.392. The second-order valence-corrected chi connectivity index (χ2v) is 6.75. The van der Waals surface area contributed by atoms with Gasteiger partial charge in [0, 0.05) is 18.7 Å². The number of hydrogen-bond acceptors (Lipinski definition) is 3. The van der Waals surface area contributed by atoms with Crippen molar-refractivity contribution in [3.8, 4) is 10.6 Å². The lowest BCUT2D eigenvalue weighted by molar-refractivity contribution is 0.0748. The van der Waals surface area contributed by atoms with Crippen LogP contribution in [0.15, 0.2) is 60.8 Å². The normalized spacial score (nSPS) is 10.6. The second-order valence-electron chi connectivity index (χ2n) is 5.72. The predicted octanol–water partition coefficient (Wildman–Crippen LogP) is 5.00. The number of aromatic nitrogens is 1. The fourth-order valence-corrected chi connectivity index (χ4v) is 3.53. The molecular weight excluding hydrogens is 335 g/mol. The Balaban J connectivity index is 1.82. The van der Waals surface area contributed by atoms with Crippen molar-refractivity contribution in [3.63, 3.8) is 0 Å². The Bertz CT molecular complexity index is 848. The summed E-state index contributed by atoms with van der Waals surface area (Å²) in [6, 6.07) is 16.4. The maximum absolute atomic E-state index is 13.9. The van der Waals surface area contributed by atoms with Crippen molar-refractivity contribution in [2.45, 2.75) is 19.9 Å². The molecule has 0 aliphatic heterocycles. The van der Waals surface area contributed by atoms with E-state index in [2.05, 4.69) is 4.98 Å². The molecule has 0 spiro atoms. The Morgan fingerprint density at radius 2 is 1.84 bits per heavy atom. The first-order valence-corrected chi connectivity index (χ1v) is 9.04. The van der Waals surface area contributed by atoms with Gasteiger partial charge >= 0.3 is 0 Å². The molecule has 5 heteroatoms. The summed E-state index contributed by atoms with van der Waals surface area (Å²) in [7, 11) is 0. The highest BCUT2D eigenvalue weighted by Crippen LogP contribution is 2.28. The molecule has 0 bridgehead atoms. The highest BCUT2D eigenvalue weighted by molar-refractivity contribution is 7.16. The van der Waals surface area contributed by atoms with Crippen LogP contribution in [0.25, 0.3) is 10.6 Å². The van der Waals surface area contributed by atoms with E-state index in [9.17, 15) is 9.18 Å². The molecule has 3 aromatic rings. The van der Waals surface area contributed by atoms with Gasteiger partial charge in [0.05, 0.1) is 6.20 Å². The van der Waals surface area contributed by atoms with Crippen molar-refractivity contribution in [1.82, 2.24) is 9.88 Å². The number of rotatable bonds is 6. The molecule has 3 nitrogen and oxygen atoms in total. The molecule has 0 saturated heterocycles. The molecule has 1 heterocycles. The van der Waals surface area contributed by atoms with Gasteiger partial charge in [-0.15, -0.1) is 11.3 Å². The minimum Gasteiger partial charge on any atom is -0.334 e. The zero-order valence-corrected chi connectivity index (χ0v) is 14.8. The zero-order valence-electron chi connectivity index (χ0n) is 14.0. The first-order chi connectivity index (χ1) is 12.2. The average molecular weight is 354 g/mol. The van der Waals surface area contributed by atoms with Crippen molar-refractivity contribution >= 4 is 17.2 Å². The van der Waals surface area contributed by atoms with E-state index in [4.69, 9.17) is 0 Å². The Morgan fingerprint density at radius 1 is 1.12 bits per heavy atom. The van der Waals surface area contributed by atoms with Crippen molar-refractivity contribution in [1.29, 1.82) is 0 Å². The van der Waals surface area contributed by atoms with Crippen LogP contribution < -0.4 is 0 Å². The molecule has 128 valence electrons. The maximum Gasteiger partial charge on any atom is 0.265 e. The molecular formula is C20H19FN2OS. The van der Waals surface area contributed by atoms with Crippen molar-refractivity contribution < 1.29 is 9.18 Å². The highest BCUT2D eigenvalue weighted by Gasteiger charge is 2.19. The van der Waals surface area contributed by atoms with E-state index < -0.39 is 0 Å². The molecule has 25 heavy (non-hydrogen) atoms. The number of hydrogen-bond donors (Lipinski definition) is 0. The molecule has 0 unspecified atom stereocenters. The number of carbonyl (C=O) groups is 1. The molecule has 1 aromatic heterocycles. The van der Waals surface area contributed by atoms with Crippen LogP contribution in [-0.4, -0.2) is 22.3 Å². The predicted molar refractivity (Wildman–Crippen MR) is 99.0 cm³/mol. The zero-order chi connectivity index (χ0) is 17.6. The Kier molecular flexibility index (Phi) is 5.56. The molecule has 0 aliphatic rings. The molecule has 0 fully saturated rings. The molecule has 0 radical (unpaired) electrons. The van der Waals surface area contributed by atoms with E-state index in [0.717, 1.165) is 12.0 Å². The quantitative estimate of drug-likeness (QED) is 0.624. The number of carbonyl (C=O) groups excluding carboxylic acids is 1. The van der Waals surface area contributed by atoms with E-state index in [1.807, 2.05) is 42.2 Å². The summed E-state index contributed by atoms with van der Waals surface area (Å²) in [4.78, 5) is 19.5. The van der Waals surface area contributed by atoms with Crippen LogP contribution in [0.5, 0.6) is 0 Å². The van der Waals surface area contributed by atoms with Crippen molar-refractivity contribution in [2.24, 2.45) is 0 Å². The number of halogens is 1. The van der Waals surface area contributed by atoms with Gasteiger partial charge in [0.25, 0.3) is 5.91 Å². The molecule has 0 saturated carbocycles. The first kappa shape index (κ1) is 17.3. The molecule has 3 rings (SSSR count). The molecule has 0 N–H and O–H groups in total. The van der Waals surface area contributed by atoms with Gasteiger partial charge in [0.1, 0.15) is 15.7 Å². The van der Waals surface area contributed by atoms with E-state index in [-0.39, 0.29) is 11.7 Å². The summed E-state index contributed by atoms with van der Waals surface area (Å²) in [6.07, 6.45) is 2.42. The van der Waals surface area contributed by atoms with Crippen LogP contribution in [0.4, 0.5) is 4.39 Å².